The normalized spacial score (nSPS) is 15.5. The zero-order valence-electron chi connectivity index (χ0n) is 15.6. The number of nitrogens with zero attached hydrogens (tertiary/aromatic N) is 3. The SMILES string of the molecule is O=c1[nH]c(=O)n(Cc2ccccc2)c(O)c1C1=NN[C@@H](c2ccc([N+](=O)[O-])cc2)C1. The summed E-state index contributed by atoms with van der Waals surface area (Å²) in [4.78, 5) is 37.2. The third-order valence-corrected chi connectivity index (χ3v) is 4.90. The first-order valence-electron chi connectivity index (χ1n) is 9.11. The smallest absolute Gasteiger partial charge is 0.331 e. The molecule has 0 saturated carbocycles. The molecule has 3 aromatic rings. The molecule has 0 spiro atoms. The molecular weight excluding hydrogens is 390 g/mol. The highest BCUT2D eigenvalue weighted by molar-refractivity contribution is 6.03. The quantitative estimate of drug-likeness (QED) is 0.433. The minimum absolute atomic E-state index is 0.0278. The predicted octanol–water partition coefficient (Wildman–Crippen LogP) is 1.64. The molecule has 152 valence electrons. The van der Waals surface area contributed by atoms with Gasteiger partial charge in [0.05, 0.1) is 23.2 Å². The predicted molar refractivity (Wildman–Crippen MR) is 109 cm³/mol. The monoisotopic (exact) mass is 407 g/mol. The largest absolute Gasteiger partial charge is 0.494 e. The van der Waals surface area contributed by atoms with Gasteiger partial charge < -0.3 is 10.5 Å². The number of H-pyrrole nitrogens is 1. The highest BCUT2D eigenvalue weighted by Crippen LogP contribution is 2.27. The van der Waals surface area contributed by atoms with E-state index in [1.807, 2.05) is 18.2 Å². The lowest BCUT2D eigenvalue weighted by Gasteiger charge is -2.12. The lowest BCUT2D eigenvalue weighted by Crippen LogP contribution is -2.34. The van der Waals surface area contributed by atoms with Gasteiger partial charge in [-0.1, -0.05) is 42.5 Å². The van der Waals surface area contributed by atoms with Gasteiger partial charge in [-0.15, -0.1) is 0 Å². The van der Waals surface area contributed by atoms with Crippen LogP contribution in [-0.2, 0) is 6.54 Å². The molecule has 1 aromatic heterocycles. The third-order valence-electron chi connectivity index (χ3n) is 4.90. The Labute approximate surface area is 169 Å². The fourth-order valence-corrected chi connectivity index (χ4v) is 3.35. The number of rotatable bonds is 5. The van der Waals surface area contributed by atoms with Crippen LogP contribution in [0.2, 0.25) is 0 Å². The van der Waals surface area contributed by atoms with Crippen molar-refractivity contribution in [3.05, 3.63) is 102 Å². The van der Waals surface area contributed by atoms with Crippen molar-refractivity contribution in [2.75, 3.05) is 0 Å². The number of nitro benzene ring substituents is 1. The Morgan fingerprint density at radius 2 is 1.83 bits per heavy atom. The molecule has 0 bridgehead atoms. The molecule has 30 heavy (non-hydrogen) atoms. The maximum Gasteiger partial charge on any atom is 0.331 e. The van der Waals surface area contributed by atoms with Crippen molar-refractivity contribution < 1.29 is 10.0 Å². The molecule has 2 heterocycles. The van der Waals surface area contributed by atoms with E-state index in [0.29, 0.717) is 5.71 Å². The van der Waals surface area contributed by atoms with E-state index in [2.05, 4.69) is 15.5 Å². The van der Waals surface area contributed by atoms with E-state index >= 15 is 0 Å². The Hall–Kier alpha value is -4.21. The second-order valence-corrected chi connectivity index (χ2v) is 6.82. The number of hydrogen-bond acceptors (Lipinski definition) is 7. The number of hydrogen-bond donors (Lipinski definition) is 3. The molecule has 0 amide bonds. The summed E-state index contributed by atoms with van der Waals surface area (Å²) in [6.45, 7) is 0.0851. The summed E-state index contributed by atoms with van der Waals surface area (Å²) in [5.74, 6) is -0.461. The van der Waals surface area contributed by atoms with E-state index < -0.39 is 22.1 Å². The highest BCUT2D eigenvalue weighted by atomic mass is 16.6. The van der Waals surface area contributed by atoms with Crippen molar-refractivity contribution >= 4 is 11.4 Å². The minimum Gasteiger partial charge on any atom is -0.494 e. The molecule has 0 aliphatic carbocycles. The molecular formula is C20H17N5O5. The molecule has 1 atom stereocenters. The zero-order chi connectivity index (χ0) is 21.3. The Morgan fingerprint density at radius 3 is 2.50 bits per heavy atom. The summed E-state index contributed by atoms with van der Waals surface area (Å²) < 4.78 is 1.08. The van der Waals surface area contributed by atoms with Crippen molar-refractivity contribution in [3.8, 4) is 5.88 Å². The maximum atomic E-state index is 12.4. The molecule has 2 aromatic carbocycles. The topological polar surface area (TPSA) is 143 Å². The highest BCUT2D eigenvalue weighted by Gasteiger charge is 2.27. The number of nitro groups is 1. The van der Waals surface area contributed by atoms with Gasteiger partial charge in [0.2, 0.25) is 5.88 Å². The molecule has 0 radical (unpaired) electrons. The van der Waals surface area contributed by atoms with Crippen LogP contribution in [0, 0.1) is 10.1 Å². The lowest BCUT2D eigenvalue weighted by atomic mass is 10.00. The minimum atomic E-state index is -0.730. The Balaban J connectivity index is 1.63. The van der Waals surface area contributed by atoms with Crippen LogP contribution >= 0.6 is 0 Å². The van der Waals surface area contributed by atoms with Crippen molar-refractivity contribution in [1.82, 2.24) is 15.0 Å². The molecule has 4 rings (SSSR count). The van der Waals surface area contributed by atoms with Crippen molar-refractivity contribution in [1.29, 1.82) is 0 Å². The number of aromatic nitrogens is 2. The number of aromatic hydroxyl groups is 1. The van der Waals surface area contributed by atoms with Crippen LogP contribution in [0.15, 0.2) is 69.3 Å². The van der Waals surface area contributed by atoms with E-state index in [1.54, 1.807) is 24.3 Å². The van der Waals surface area contributed by atoms with E-state index in [0.717, 1.165) is 15.7 Å². The van der Waals surface area contributed by atoms with Gasteiger partial charge in [-0.05, 0) is 11.1 Å². The third kappa shape index (κ3) is 3.58. The van der Waals surface area contributed by atoms with Gasteiger partial charge >= 0.3 is 5.69 Å². The summed E-state index contributed by atoms with van der Waals surface area (Å²) in [6.07, 6.45) is 0.262. The average Bonchev–Trinajstić information content (AvgIpc) is 3.21. The van der Waals surface area contributed by atoms with E-state index in [1.165, 1.54) is 12.1 Å². The lowest BCUT2D eigenvalue weighted by molar-refractivity contribution is -0.384. The van der Waals surface area contributed by atoms with Gasteiger partial charge in [0.15, 0.2) is 0 Å². The molecule has 1 aliphatic rings. The summed E-state index contributed by atoms with van der Waals surface area (Å²) in [5, 5.41) is 25.7. The number of hydrazone groups is 1. The summed E-state index contributed by atoms with van der Waals surface area (Å²) in [6, 6.07) is 14.7. The molecule has 10 heteroatoms. The van der Waals surface area contributed by atoms with Gasteiger partial charge in [-0.25, -0.2) is 4.79 Å². The fraction of sp³-hybridized carbons (Fsp3) is 0.150. The summed E-state index contributed by atoms with van der Waals surface area (Å²) in [5.41, 5.74) is 3.13. The van der Waals surface area contributed by atoms with Crippen LogP contribution < -0.4 is 16.7 Å². The van der Waals surface area contributed by atoms with Gasteiger partial charge in [0.25, 0.3) is 11.2 Å². The average molecular weight is 407 g/mol. The second kappa shape index (κ2) is 7.66. The first kappa shape index (κ1) is 19.1. The van der Waals surface area contributed by atoms with E-state index in [4.69, 9.17) is 0 Å². The summed E-state index contributed by atoms with van der Waals surface area (Å²) in [7, 11) is 0. The first-order valence-corrected chi connectivity index (χ1v) is 9.11. The standard InChI is InChI=1S/C20H17N5O5/c26-18-17(19(27)24(20(28)21-18)11-12-4-2-1-3-5-12)16-10-15(22-23-16)13-6-8-14(9-7-13)25(29)30/h1-9,15,22,27H,10-11H2,(H,21,26,28)/t15-/m1/s1. The van der Waals surface area contributed by atoms with Crippen LogP contribution in [0.1, 0.15) is 29.2 Å². The van der Waals surface area contributed by atoms with Crippen LogP contribution in [0.3, 0.4) is 0 Å². The molecule has 3 N–H and O–H groups in total. The maximum absolute atomic E-state index is 12.4. The van der Waals surface area contributed by atoms with Gasteiger partial charge in [0.1, 0.15) is 5.56 Å². The van der Waals surface area contributed by atoms with Gasteiger partial charge in [0, 0.05) is 18.6 Å². The zero-order valence-corrected chi connectivity index (χ0v) is 15.6. The Bertz CT molecular complexity index is 1250. The summed E-state index contributed by atoms with van der Waals surface area (Å²) >= 11 is 0. The van der Waals surface area contributed by atoms with Crippen molar-refractivity contribution in [3.63, 3.8) is 0 Å². The number of non-ortho nitro benzene ring substituents is 1. The van der Waals surface area contributed by atoms with E-state index in [9.17, 15) is 24.8 Å². The van der Waals surface area contributed by atoms with Gasteiger partial charge in [-0.2, -0.15) is 5.10 Å². The molecule has 1 aliphatic heterocycles. The van der Waals surface area contributed by atoms with E-state index in [-0.39, 0.29) is 30.3 Å². The van der Waals surface area contributed by atoms with Gasteiger partial charge in [-0.3, -0.25) is 24.5 Å². The number of aromatic amines is 1. The molecule has 10 nitrogen and oxygen atoms in total. The second-order valence-electron chi connectivity index (χ2n) is 6.82. The van der Waals surface area contributed by atoms with Crippen LogP contribution in [0.25, 0.3) is 0 Å². The molecule has 0 saturated heterocycles. The Morgan fingerprint density at radius 1 is 1.13 bits per heavy atom. The van der Waals surface area contributed by atoms with Crippen LogP contribution in [0.4, 0.5) is 5.69 Å². The number of benzene rings is 2. The number of nitrogens with one attached hydrogen (secondary N) is 2. The van der Waals surface area contributed by atoms with Crippen LogP contribution in [0.5, 0.6) is 5.88 Å². The van der Waals surface area contributed by atoms with Crippen molar-refractivity contribution in [2.45, 2.75) is 19.0 Å². The fourth-order valence-electron chi connectivity index (χ4n) is 3.35. The molecule has 0 unspecified atom stereocenters. The molecule has 0 fully saturated rings. The van der Waals surface area contributed by atoms with Crippen molar-refractivity contribution in [2.24, 2.45) is 5.10 Å². The first-order chi connectivity index (χ1) is 14.4. The Kier molecular flexibility index (Phi) is 4.88. The van der Waals surface area contributed by atoms with Crippen LogP contribution in [-0.4, -0.2) is 25.3 Å².